The molecular weight excluding hydrogens is 264 g/mol. The zero-order chi connectivity index (χ0) is 15.0. The van der Waals surface area contributed by atoms with Gasteiger partial charge in [-0.3, -0.25) is 0 Å². The first-order valence-electron chi connectivity index (χ1n) is 8.84. The van der Waals surface area contributed by atoms with Crippen molar-refractivity contribution in [3.8, 4) is 0 Å². The maximum atomic E-state index is 2.29. The van der Waals surface area contributed by atoms with E-state index in [1.54, 1.807) is 5.92 Å². The van der Waals surface area contributed by atoms with Crippen LogP contribution < -0.4 is 0 Å². The maximum absolute atomic E-state index is 2.29. The summed E-state index contributed by atoms with van der Waals surface area (Å²) >= 11 is 0. The predicted octanol–water partition coefficient (Wildman–Crippen LogP) is 6.02. The second-order valence-corrected chi connectivity index (χ2v) is 6.66. The van der Waals surface area contributed by atoms with E-state index in [4.69, 9.17) is 0 Å². The fourth-order valence-electron chi connectivity index (χ4n) is 3.74. The van der Waals surface area contributed by atoms with Crippen molar-refractivity contribution >= 4 is 0 Å². The third kappa shape index (κ3) is 4.47. The summed E-state index contributed by atoms with van der Waals surface area (Å²) in [4.78, 5) is 0. The van der Waals surface area contributed by atoms with Gasteiger partial charge in [0.1, 0.15) is 0 Å². The standard InChI is InChI=1S/C22H27/c1-2-10-16-22(18-20-13-7-4-8-14-20)21(15-9-1)17-19-11-5-3-6-12-19/h3-8,11-14,21H,1-2,9-10,15-18H2. The van der Waals surface area contributed by atoms with E-state index in [2.05, 4.69) is 60.7 Å². The lowest BCUT2D eigenvalue weighted by Gasteiger charge is -2.29. The van der Waals surface area contributed by atoms with Crippen LogP contribution in [-0.4, -0.2) is 0 Å². The summed E-state index contributed by atoms with van der Waals surface area (Å²) in [5, 5.41) is 0. The average molecular weight is 291 g/mol. The highest BCUT2D eigenvalue weighted by atomic mass is 14.3. The van der Waals surface area contributed by atoms with Crippen LogP contribution in [0.1, 0.15) is 49.7 Å². The van der Waals surface area contributed by atoms with Crippen molar-refractivity contribution < 1.29 is 0 Å². The van der Waals surface area contributed by atoms with E-state index in [0.29, 0.717) is 0 Å². The van der Waals surface area contributed by atoms with Gasteiger partial charge in [0.2, 0.25) is 0 Å². The monoisotopic (exact) mass is 291 g/mol. The van der Waals surface area contributed by atoms with Gasteiger partial charge in [0.15, 0.2) is 0 Å². The van der Waals surface area contributed by atoms with Crippen LogP contribution in [0.3, 0.4) is 0 Å². The minimum atomic E-state index is 0.767. The first-order valence-corrected chi connectivity index (χ1v) is 8.84. The molecule has 3 rings (SSSR count). The van der Waals surface area contributed by atoms with E-state index in [1.165, 1.54) is 62.5 Å². The Bertz CT molecular complexity index is 477. The molecule has 1 radical (unpaired) electrons. The molecule has 0 nitrogen and oxygen atoms in total. The molecule has 2 aromatic rings. The quantitative estimate of drug-likeness (QED) is 0.646. The molecule has 22 heavy (non-hydrogen) atoms. The van der Waals surface area contributed by atoms with Gasteiger partial charge in [-0.1, -0.05) is 86.3 Å². The molecule has 0 heterocycles. The van der Waals surface area contributed by atoms with Crippen molar-refractivity contribution in [3.05, 3.63) is 77.7 Å². The average Bonchev–Trinajstić information content (AvgIpc) is 2.55. The fraction of sp³-hybridized carbons (Fsp3) is 0.409. The fourth-order valence-corrected chi connectivity index (χ4v) is 3.74. The minimum Gasteiger partial charge on any atom is -0.0622 e. The maximum Gasteiger partial charge on any atom is -0.0163 e. The highest BCUT2D eigenvalue weighted by Crippen LogP contribution is 2.34. The van der Waals surface area contributed by atoms with Crippen molar-refractivity contribution in [2.75, 3.05) is 0 Å². The lowest BCUT2D eigenvalue weighted by molar-refractivity contribution is 0.397. The Morgan fingerprint density at radius 1 is 0.682 bits per heavy atom. The Hall–Kier alpha value is -1.56. The lowest BCUT2D eigenvalue weighted by Crippen LogP contribution is -2.19. The molecule has 1 aliphatic carbocycles. The molecule has 1 unspecified atom stereocenters. The third-order valence-electron chi connectivity index (χ3n) is 4.98. The molecule has 115 valence electrons. The summed E-state index contributed by atoms with van der Waals surface area (Å²) in [5.41, 5.74) is 2.98. The molecule has 0 bridgehead atoms. The van der Waals surface area contributed by atoms with Crippen molar-refractivity contribution in [1.29, 1.82) is 0 Å². The van der Waals surface area contributed by atoms with Crippen molar-refractivity contribution in [2.24, 2.45) is 5.92 Å². The molecule has 0 spiro atoms. The van der Waals surface area contributed by atoms with Gasteiger partial charge in [-0.15, -0.1) is 0 Å². The zero-order valence-corrected chi connectivity index (χ0v) is 13.5. The molecule has 0 aliphatic heterocycles. The van der Waals surface area contributed by atoms with E-state index in [1.807, 2.05) is 0 Å². The summed E-state index contributed by atoms with van der Waals surface area (Å²) in [6.07, 6.45) is 10.7. The van der Waals surface area contributed by atoms with Gasteiger partial charge in [-0.2, -0.15) is 0 Å². The first-order chi connectivity index (χ1) is 10.9. The number of hydrogen-bond acceptors (Lipinski definition) is 0. The van der Waals surface area contributed by atoms with E-state index in [-0.39, 0.29) is 0 Å². The van der Waals surface area contributed by atoms with Crippen LogP contribution >= 0.6 is 0 Å². The molecule has 1 fully saturated rings. The van der Waals surface area contributed by atoms with Crippen LogP contribution in [0.5, 0.6) is 0 Å². The molecule has 1 saturated carbocycles. The zero-order valence-electron chi connectivity index (χ0n) is 13.5. The third-order valence-corrected chi connectivity index (χ3v) is 4.98. The molecule has 2 aromatic carbocycles. The van der Waals surface area contributed by atoms with Gasteiger partial charge in [0, 0.05) is 0 Å². The van der Waals surface area contributed by atoms with Crippen LogP contribution in [-0.2, 0) is 12.8 Å². The van der Waals surface area contributed by atoms with E-state index in [9.17, 15) is 0 Å². The Balaban J connectivity index is 1.72. The summed E-state index contributed by atoms with van der Waals surface area (Å²) in [6, 6.07) is 22.1. The number of benzene rings is 2. The highest BCUT2D eigenvalue weighted by Gasteiger charge is 2.23. The molecule has 1 aliphatic rings. The van der Waals surface area contributed by atoms with Crippen LogP contribution in [0, 0.1) is 11.8 Å². The van der Waals surface area contributed by atoms with Gasteiger partial charge in [-0.25, -0.2) is 0 Å². The van der Waals surface area contributed by atoms with Gasteiger partial charge < -0.3 is 0 Å². The van der Waals surface area contributed by atoms with Crippen molar-refractivity contribution in [1.82, 2.24) is 0 Å². The Morgan fingerprint density at radius 2 is 1.32 bits per heavy atom. The normalized spacial score (nSPS) is 20.3. The molecule has 1 atom stereocenters. The summed E-state index contributed by atoms with van der Waals surface area (Å²) in [7, 11) is 0. The second-order valence-electron chi connectivity index (χ2n) is 6.66. The van der Waals surface area contributed by atoms with Gasteiger partial charge in [0.25, 0.3) is 0 Å². The van der Waals surface area contributed by atoms with E-state index in [0.717, 1.165) is 5.92 Å². The Labute approximate surface area is 135 Å². The molecule has 0 N–H and O–H groups in total. The van der Waals surface area contributed by atoms with Gasteiger partial charge in [0.05, 0.1) is 0 Å². The van der Waals surface area contributed by atoms with Crippen LogP contribution in [0.2, 0.25) is 0 Å². The Kier molecular flexibility index (Phi) is 5.70. The summed E-state index contributed by atoms with van der Waals surface area (Å²) < 4.78 is 0. The molecule has 0 aromatic heterocycles. The first kappa shape index (κ1) is 15.3. The van der Waals surface area contributed by atoms with Crippen LogP contribution in [0.15, 0.2) is 60.7 Å². The largest absolute Gasteiger partial charge is 0.0622 e. The molecule has 0 saturated heterocycles. The number of rotatable bonds is 4. The van der Waals surface area contributed by atoms with Crippen LogP contribution in [0.25, 0.3) is 0 Å². The predicted molar refractivity (Wildman–Crippen MR) is 94.7 cm³/mol. The lowest BCUT2D eigenvalue weighted by atomic mass is 9.75. The van der Waals surface area contributed by atoms with Crippen molar-refractivity contribution in [2.45, 2.75) is 51.4 Å². The smallest absolute Gasteiger partial charge is 0.0163 e. The topological polar surface area (TPSA) is 0 Å². The van der Waals surface area contributed by atoms with Gasteiger partial charge in [-0.05, 0) is 48.6 Å². The van der Waals surface area contributed by atoms with Crippen LogP contribution in [0.4, 0.5) is 0 Å². The Morgan fingerprint density at radius 3 is 2.05 bits per heavy atom. The SMILES string of the molecule is c1ccc(C[C]2CCCCCCC2Cc2ccccc2)cc1. The summed E-state index contributed by atoms with van der Waals surface area (Å²) in [6.45, 7) is 0. The number of hydrogen-bond donors (Lipinski definition) is 0. The molecular formula is C22H27. The van der Waals surface area contributed by atoms with Gasteiger partial charge >= 0.3 is 0 Å². The summed E-state index contributed by atoms with van der Waals surface area (Å²) in [5.74, 6) is 2.55. The van der Waals surface area contributed by atoms with E-state index < -0.39 is 0 Å². The highest BCUT2D eigenvalue weighted by molar-refractivity contribution is 5.22. The molecule has 0 amide bonds. The van der Waals surface area contributed by atoms with Crippen molar-refractivity contribution in [3.63, 3.8) is 0 Å². The minimum absolute atomic E-state index is 0.767. The molecule has 0 heteroatoms. The van der Waals surface area contributed by atoms with E-state index >= 15 is 0 Å². The second kappa shape index (κ2) is 8.17.